The van der Waals surface area contributed by atoms with Crippen molar-refractivity contribution >= 4 is 23.5 Å². The molecule has 5 rings (SSSR count). The van der Waals surface area contributed by atoms with Gasteiger partial charge in [0.1, 0.15) is 0 Å². The summed E-state index contributed by atoms with van der Waals surface area (Å²) in [5, 5.41) is 6.17. The van der Waals surface area contributed by atoms with Gasteiger partial charge in [-0.25, -0.2) is 9.97 Å². The number of carbonyl (C=O) groups is 2. The van der Waals surface area contributed by atoms with Crippen molar-refractivity contribution in [2.75, 3.05) is 36.4 Å². The molecule has 2 amide bonds. The van der Waals surface area contributed by atoms with Crippen LogP contribution in [0.5, 0.6) is 0 Å². The van der Waals surface area contributed by atoms with Crippen LogP contribution in [0.1, 0.15) is 52.0 Å². The number of amides is 2. The molecular weight excluding hydrogens is 478 g/mol. The van der Waals surface area contributed by atoms with E-state index >= 15 is 0 Å². The van der Waals surface area contributed by atoms with E-state index in [4.69, 9.17) is 5.73 Å². The molecule has 1 aliphatic heterocycles. The molecule has 4 N–H and O–H groups in total. The Kier molecular flexibility index (Phi) is 8.25. The fourth-order valence-corrected chi connectivity index (χ4v) is 5.15. The number of hydrogen-bond acceptors (Lipinski definition) is 7. The molecule has 1 aromatic heterocycles. The minimum atomic E-state index is -0.204. The fraction of sp³-hybridized carbons (Fsp3) is 0.379. The molecular formula is C29H35N7O2. The number of aromatic nitrogens is 2. The van der Waals surface area contributed by atoms with Crippen molar-refractivity contribution in [3.63, 3.8) is 0 Å². The number of nitrogens with two attached hydrogens (primary N) is 1. The number of benzene rings is 2. The number of nitrogens with zero attached hydrogens (tertiary/aromatic N) is 4. The molecule has 2 atom stereocenters. The fourth-order valence-electron chi connectivity index (χ4n) is 5.15. The first-order valence-electron chi connectivity index (χ1n) is 13.4. The summed E-state index contributed by atoms with van der Waals surface area (Å²) in [6, 6.07) is 16.4. The topological polar surface area (TPSA) is 116 Å². The second-order valence-electron chi connectivity index (χ2n) is 10.0. The maximum Gasteiger partial charge on any atom is 0.255 e. The quantitative estimate of drug-likeness (QED) is 0.445. The van der Waals surface area contributed by atoms with Crippen molar-refractivity contribution in [2.24, 2.45) is 5.73 Å². The predicted molar refractivity (Wildman–Crippen MR) is 148 cm³/mol. The summed E-state index contributed by atoms with van der Waals surface area (Å²) in [5.41, 5.74) is 8.94. The Morgan fingerprint density at radius 3 is 2.34 bits per heavy atom. The van der Waals surface area contributed by atoms with Gasteiger partial charge in [-0.1, -0.05) is 37.1 Å². The van der Waals surface area contributed by atoms with Crippen LogP contribution in [0.2, 0.25) is 0 Å². The third kappa shape index (κ3) is 6.35. The molecule has 198 valence electrons. The van der Waals surface area contributed by atoms with Crippen LogP contribution < -0.4 is 21.3 Å². The monoisotopic (exact) mass is 513 g/mol. The molecule has 2 fully saturated rings. The zero-order valence-electron chi connectivity index (χ0n) is 21.6. The van der Waals surface area contributed by atoms with Gasteiger partial charge >= 0.3 is 0 Å². The van der Waals surface area contributed by atoms with E-state index in [-0.39, 0.29) is 23.9 Å². The van der Waals surface area contributed by atoms with Crippen molar-refractivity contribution in [3.05, 3.63) is 83.7 Å². The average Bonchev–Trinajstić information content (AvgIpc) is 2.96. The summed E-state index contributed by atoms with van der Waals surface area (Å²) >= 11 is 0. The van der Waals surface area contributed by atoms with Crippen LogP contribution in [0.25, 0.3) is 0 Å². The number of nitrogens with one attached hydrogen (secondary N) is 2. The molecule has 3 aromatic rings. The van der Waals surface area contributed by atoms with Crippen LogP contribution in [0, 0.1) is 0 Å². The van der Waals surface area contributed by atoms with Gasteiger partial charge < -0.3 is 21.3 Å². The van der Waals surface area contributed by atoms with E-state index < -0.39 is 0 Å². The lowest BCUT2D eigenvalue weighted by Crippen LogP contribution is -2.49. The second-order valence-corrected chi connectivity index (χ2v) is 10.0. The third-order valence-corrected chi connectivity index (χ3v) is 7.39. The number of piperazine rings is 1. The number of hydrogen-bond donors (Lipinski definition) is 3. The zero-order chi connectivity index (χ0) is 26.3. The minimum absolute atomic E-state index is 0.0239. The second kappa shape index (κ2) is 12.1. The van der Waals surface area contributed by atoms with E-state index in [1.165, 1.54) is 0 Å². The minimum Gasteiger partial charge on any atom is -0.348 e. The summed E-state index contributed by atoms with van der Waals surface area (Å²) in [5.74, 6) is 0.381. The van der Waals surface area contributed by atoms with Gasteiger partial charge in [0, 0.05) is 74.0 Å². The Labute approximate surface area is 223 Å². The van der Waals surface area contributed by atoms with Gasteiger partial charge in [-0.2, -0.15) is 0 Å². The Balaban J connectivity index is 1.31. The van der Waals surface area contributed by atoms with Crippen molar-refractivity contribution in [3.8, 4) is 0 Å². The van der Waals surface area contributed by atoms with Crippen LogP contribution in [0.3, 0.4) is 0 Å². The number of rotatable bonds is 7. The Hall–Kier alpha value is -3.82. The summed E-state index contributed by atoms with van der Waals surface area (Å²) in [7, 11) is 0. The Bertz CT molecular complexity index is 1230. The molecule has 9 heteroatoms. The molecule has 1 saturated heterocycles. The highest BCUT2D eigenvalue weighted by Gasteiger charge is 2.25. The summed E-state index contributed by atoms with van der Waals surface area (Å²) in [6.45, 7) is 3.97. The van der Waals surface area contributed by atoms with E-state index in [0.29, 0.717) is 23.4 Å². The van der Waals surface area contributed by atoms with Crippen molar-refractivity contribution in [1.82, 2.24) is 20.2 Å². The van der Waals surface area contributed by atoms with Crippen LogP contribution in [0.15, 0.2) is 67.0 Å². The molecule has 9 nitrogen and oxygen atoms in total. The number of carbonyl (C=O) groups excluding carboxylic acids is 2. The first-order valence-corrected chi connectivity index (χ1v) is 13.4. The molecule has 2 heterocycles. The van der Waals surface area contributed by atoms with Gasteiger partial charge in [0.25, 0.3) is 11.8 Å². The molecule has 2 aromatic carbocycles. The van der Waals surface area contributed by atoms with E-state index in [0.717, 1.165) is 63.4 Å². The van der Waals surface area contributed by atoms with Crippen molar-refractivity contribution < 1.29 is 9.59 Å². The van der Waals surface area contributed by atoms with Crippen molar-refractivity contribution in [2.45, 2.75) is 44.3 Å². The standard InChI is InChI=1S/C29H35N7O2/c30-24-9-4-5-10-25(24)33-28(38)22-11-12-23(26(19-22)34-27(37)21-7-2-1-3-8-21)20-35-15-17-36(18-16-35)29-31-13-6-14-32-29/h1-3,6-8,11-14,19,24-25H,4-5,9-10,15-18,20,30H2,(H,33,38)(H,34,37). The highest BCUT2D eigenvalue weighted by molar-refractivity contribution is 6.05. The van der Waals surface area contributed by atoms with E-state index in [9.17, 15) is 9.59 Å². The highest BCUT2D eigenvalue weighted by atomic mass is 16.2. The summed E-state index contributed by atoms with van der Waals surface area (Å²) in [4.78, 5) is 39.4. The zero-order valence-corrected chi connectivity index (χ0v) is 21.6. The van der Waals surface area contributed by atoms with E-state index in [1.807, 2.05) is 36.4 Å². The van der Waals surface area contributed by atoms with Crippen molar-refractivity contribution in [1.29, 1.82) is 0 Å². The number of anilines is 2. The van der Waals surface area contributed by atoms with Gasteiger partial charge in [-0.3, -0.25) is 14.5 Å². The van der Waals surface area contributed by atoms with Gasteiger partial charge in [-0.15, -0.1) is 0 Å². The molecule has 0 bridgehead atoms. The molecule has 0 spiro atoms. The van der Waals surface area contributed by atoms with Crippen LogP contribution in [-0.4, -0.2) is 64.9 Å². The molecule has 0 radical (unpaired) electrons. The summed E-state index contributed by atoms with van der Waals surface area (Å²) < 4.78 is 0. The molecule has 38 heavy (non-hydrogen) atoms. The normalized spacial score (nSPS) is 20.1. The molecule has 1 aliphatic carbocycles. The van der Waals surface area contributed by atoms with Gasteiger partial charge in [-0.05, 0) is 48.7 Å². The first-order chi connectivity index (χ1) is 18.6. The lowest BCUT2D eigenvalue weighted by molar-refractivity contribution is 0.0920. The Morgan fingerprint density at radius 2 is 1.61 bits per heavy atom. The SMILES string of the molecule is NC1CCCCC1NC(=O)c1ccc(CN2CCN(c3ncccn3)CC2)c(NC(=O)c2ccccc2)c1. The Morgan fingerprint density at radius 1 is 0.868 bits per heavy atom. The van der Waals surface area contributed by atoms with Gasteiger partial charge in [0.2, 0.25) is 5.95 Å². The largest absolute Gasteiger partial charge is 0.348 e. The predicted octanol–water partition coefficient (Wildman–Crippen LogP) is 3.05. The highest BCUT2D eigenvalue weighted by Crippen LogP contribution is 2.23. The lowest BCUT2D eigenvalue weighted by Gasteiger charge is -2.35. The van der Waals surface area contributed by atoms with E-state index in [2.05, 4.69) is 30.4 Å². The maximum absolute atomic E-state index is 13.1. The van der Waals surface area contributed by atoms with Crippen LogP contribution in [0.4, 0.5) is 11.6 Å². The van der Waals surface area contributed by atoms with Gasteiger partial charge in [0.05, 0.1) is 0 Å². The first kappa shape index (κ1) is 25.8. The van der Waals surface area contributed by atoms with Crippen LogP contribution >= 0.6 is 0 Å². The van der Waals surface area contributed by atoms with Gasteiger partial charge in [0.15, 0.2) is 0 Å². The third-order valence-electron chi connectivity index (χ3n) is 7.39. The average molecular weight is 514 g/mol. The maximum atomic E-state index is 13.1. The van der Waals surface area contributed by atoms with E-state index in [1.54, 1.807) is 30.6 Å². The molecule has 2 aliphatic rings. The summed E-state index contributed by atoms with van der Waals surface area (Å²) in [6.07, 6.45) is 7.50. The molecule has 2 unspecified atom stereocenters. The smallest absolute Gasteiger partial charge is 0.255 e. The van der Waals surface area contributed by atoms with Crippen LogP contribution in [-0.2, 0) is 6.54 Å². The molecule has 1 saturated carbocycles. The lowest BCUT2D eigenvalue weighted by atomic mass is 9.91.